The first-order valence-electron chi connectivity index (χ1n) is 7.79. The number of rotatable bonds is 3. The first kappa shape index (κ1) is 17.8. The van der Waals surface area contributed by atoms with E-state index in [0.29, 0.717) is 18.5 Å². The Bertz CT molecular complexity index is 918. The zero-order valence-electron chi connectivity index (χ0n) is 13.6. The minimum absolute atomic E-state index is 0.0889. The van der Waals surface area contributed by atoms with Crippen molar-refractivity contribution < 1.29 is 17.5 Å². The zero-order chi connectivity index (χ0) is 18.2. The van der Waals surface area contributed by atoms with Crippen LogP contribution in [0.3, 0.4) is 0 Å². The van der Waals surface area contributed by atoms with E-state index in [9.17, 15) is 12.8 Å². The molecule has 3 rings (SSSR count). The summed E-state index contributed by atoms with van der Waals surface area (Å²) in [5, 5.41) is 0.207. The average Bonchev–Trinajstić information content (AvgIpc) is 2.79. The monoisotopic (exact) mass is 384 g/mol. The molecule has 0 aliphatic carbocycles. The summed E-state index contributed by atoms with van der Waals surface area (Å²) in [6, 6.07) is 6.88. The normalized spacial score (nSPS) is 14.8. The van der Waals surface area contributed by atoms with Crippen LogP contribution in [0.25, 0.3) is 0 Å². The van der Waals surface area contributed by atoms with Gasteiger partial charge in [0, 0.05) is 12.6 Å². The molecule has 1 heterocycles. The molecule has 0 fully saturated rings. The Hall–Kier alpha value is -1.99. The fourth-order valence-corrected chi connectivity index (χ4v) is 4.81. The van der Waals surface area contributed by atoms with Crippen LogP contribution in [0.2, 0.25) is 5.02 Å². The molecule has 0 radical (unpaired) electrons. The predicted octanol–water partition coefficient (Wildman–Crippen LogP) is 3.60. The van der Waals surface area contributed by atoms with Crippen molar-refractivity contribution in [2.24, 2.45) is 0 Å². The average molecular weight is 385 g/mol. The van der Waals surface area contributed by atoms with Gasteiger partial charge in [-0.1, -0.05) is 17.7 Å². The molecule has 0 bridgehead atoms. The predicted molar refractivity (Wildman–Crippen MR) is 96.3 cm³/mol. The lowest BCUT2D eigenvalue weighted by atomic mass is 10.1. The van der Waals surface area contributed by atoms with Crippen molar-refractivity contribution in [2.45, 2.75) is 24.2 Å². The summed E-state index contributed by atoms with van der Waals surface area (Å²) >= 11 is 5.97. The van der Waals surface area contributed by atoms with Gasteiger partial charge < -0.3 is 10.5 Å². The van der Waals surface area contributed by atoms with Gasteiger partial charge in [-0.2, -0.15) is 0 Å². The number of fused-ring (bicyclic) bond motifs is 1. The summed E-state index contributed by atoms with van der Waals surface area (Å²) < 4.78 is 46.7. The van der Waals surface area contributed by atoms with Gasteiger partial charge >= 0.3 is 0 Å². The summed E-state index contributed by atoms with van der Waals surface area (Å²) in [5.41, 5.74) is 7.07. The summed E-state index contributed by atoms with van der Waals surface area (Å²) in [5.74, 6) is -0.384. The summed E-state index contributed by atoms with van der Waals surface area (Å²) in [7, 11) is -2.64. The zero-order valence-corrected chi connectivity index (χ0v) is 15.2. The van der Waals surface area contributed by atoms with Crippen LogP contribution in [0.5, 0.6) is 5.75 Å². The third-order valence-electron chi connectivity index (χ3n) is 4.22. The van der Waals surface area contributed by atoms with E-state index in [4.69, 9.17) is 22.1 Å². The van der Waals surface area contributed by atoms with Crippen LogP contribution in [-0.4, -0.2) is 22.1 Å². The van der Waals surface area contributed by atoms with Crippen molar-refractivity contribution in [3.05, 3.63) is 46.7 Å². The molecule has 134 valence electrons. The topological polar surface area (TPSA) is 72.6 Å². The first-order valence-corrected chi connectivity index (χ1v) is 9.60. The number of benzene rings is 2. The molecule has 1 aliphatic rings. The molecule has 25 heavy (non-hydrogen) atoms. The smallest absolute Gasteiger partial charge is 0.268 e. The highest BCUT2D eigenvalue weighted by Gasteiger charge is 2.31. The molecule has 0 atom stereocenters. The number of methoxy groups -OCH3 is 1. The summed E-state index contributed by atoms with van der Waals surface area (Å²) in [6.07, 6.45) is 2.19. The quantitative estimate of drug-likeness (QED) is 0.820. The lowest BCUT2D eigenvalue weighted by Crippen LogP contribution is -2.32. The number of nitrogens with two attached hydrogens (primary N) is 1. The maximum Gasteiger partial charge on any atom is 0.268 e. The maximum absolute atomic E-state index is 13.8. The Kier molecular flexibility index (Phi) is 4.79. The van der Waals surface area contributed by atoms with Gasteiger partial charge in [0.05, 0.1) is 23.5 Å². The number of hydrogen-bond acceptors (Lipinski definition) is 4. The third kappa shape index (κ3) is 3.26. The molecular weight excluding hydrogens is 367 g/mol. The minimum atomic E-state index is -3.99. The second-order valence-corrected chi connectivity index (χ2v) is 8.07. The van der Waals surface area contributed by atoms with Crippen LogP contribution < -0.4 is 14.8 Å². The highest BCUT2D eigenvalue weighted by atomic mass is 35.5. The molecule has 0 amide bonds. The molecular formula is C17H18ClFN2O3S. The lowest BCUT2D eigenvalue weighted by molar-refractivity contribution is 0.402. The van der Waals surface area contributed by atoms with Crippen molar-refractivity contribution in [1.82, 2.24) is 0 Å². The number of hydrogen-bond donors (Lipinski definition) is 1. The Morgan fingerprint density at radius 2 is 2.00 bits per heavy atom. The van der Waals surface area contributed by atoms with E-state index < -0.39 is 15.8 Å². The van der Waals surface area contributed by atoms with Gasteiger partial charge in [0.25, 0.3) is 10.0 Å². The summed E-state index contributed by atoms with van der Waals surface area (Å²) in [6.45, 7) is 0.254. The number of nitrogen functional groups attached to an aromatic ring is 1. The van der Waals surface area contributed by atoms with Gasteiger partial charge in [0.1, 0.15) is 16.5 Å². The highest BCUT2D eigenvalue weighted by molar-refractivity contribution is 7.93. The summed E-state index contributed by atoms with van der Waals surface area (Å²) in [4.78, 5) is -0.0889. The van der Waals surface area contributed by atoms with Crippen LogP contribution in [-0.2, 0) is 16.4 Å². The van der Waals surface area contributed by atoms with E-state index in [2.05, 4.69) is 0 Å². The minimum Gasteiger partial charge on any atom is -0.495 e. The van der Waals surface area contributed by atoms with E-state index in [1.54, 1.807) is 6.07 Å². The molecule has 8 heteroatoms. The van der Waals surface area contributed by atoms with Crippen LogP contribution in [0.1, 0.15) is 18.4 Å². The van der Waals surface area contributed by atoms with Crippen molar-refractivity contribution in [3.63, 3.8) is 0 Å². The van der Waals surface area contributed by atoms with Gasteiger partial charge in [-0.15, -0.1) is 0 Å². The van der Waals surface area contributed by atoms with Crippen molar-refractivity contribution >= 4 is 33.0 Å². The number of nitrogens with zero attached hydrogens (tertiary/aromatic N) is 1. The third-order valence-corrected chi connectivity index (χ3v) is 6.39. The number of anilines is 2. The molecule has 0 saturated carbocycles. The van der Waals surface area contributed by atoms with Crippen molar-refractivity contribution in [3.8, 4) is 5.75 Å². The van der Waals surface area contributed by atoms with Gasteiger partial charge in [0.15, 0.2) is 0 Å². The van der Waals surface area contributed by atoms with E-state index in [-0.39, 0.29) is 27.9 Å². The molecule has 1 aliphatic heterocycles. The largest absolute Gasteiger partial charge is 0.495 e. The second kappa shape index (κ2) is 6.72. The van der Waals surface area contributed by atoms with E-state index in [1.807, 2.05) is 0 Å². The van der Waals surface area contributed by atoms with Crippen molar-refractivity contribution in [1.29, 1.82) is 0 Å². The number of aryl methyl sites for hydroxylation is 1. The van der Waals surface area contributed by atoms with E-state index >= 15 is 0 Å². The second-order valence-electron chi connectivity index (χ2n) is 5.83. The molecule has 2 aromatic rings. The van der Waals surface area contributed by atoms with Crippen LogP contribution in [0.15, 0.2) is 35.2 Å². The molecule has 0 saturated heterocycles. The first-order chi connectivity index (χ1) is 11.8. The number of ether oxygens (including phenoxy) is 1. The lowest BCUT2D eigenvalue weighted by Gasteiger charge is -2.25. The SMILES string of the molecule is COc1cc(Cl)c(N)cc1S(=O)(=O)N1CCCCc2ccc(F)cc21. The van der Waals surface area contributed by atoms with Gasteiger partial charge in [0.2, 0.25) is 0 Å². The van der Waals surface area contributed by atoms with Gasteiger partial charge in [-0.25, -0.2) is 12.8 Å². The Labute approximate surface area is 151 Å². The fourth-order valence-electron chi connectivity index (χ4n) is 2.95. The molecule has 0 aromatic heterocycles. The van der Waals surface area contributed by atoms with Crippen molar-refractivity contribution in [2.75, 3.05) is 23.7 Å². The van der Waals surface area contributed by atoms with E-state index in [1.165, 1.54) is 35.7 Å². The molecule has 0 unspecified atom stereocenters. The molecule has 2 aromatic carbocycles. The Morgan fingerprint density at radius 1 is 1.24 bits per heavy atom. The van der Waals surface area contributed by atoms with Gasteiger partial charge in [-0.05, 0) is 43.0 Å². The highest BCUT2D eigenvalue weighted by Crippen LogP contribution is 2.37. The number of sulfonamides is 1. The fraction of sp³-hybridized carbons (Fsp3) is 0.294. The van der Waals surface area contributed by atoms with E-state index in [0.717, 1.165) is 12.0 Å². The maximum atomic E-state index is 13.8. The Morgan fingerprint density at radius 3 is 2.72 bits per heavy atom. The van der Waals surface area contributed by atoms with Crippen LogP contribution >= 0.6 is 11.6 Å². The van der Waals surface area contributed by atoms with Crippen LogP contribution in [0, 0.1) is 5.82 Å². The molecule has 5 nitrogen and oxygen atoms in total. The molecule has 0 spiro atoms. The number of halogens is 2. The Balaban J connectivity index is 2.19. The van der Waals surface area contributed by atoms with Gasteiger partial charge in [-0.3, -0.25) is 4.31 Å². The molecule has 2 N–H and O–H groups in total. The standard InChI is InChI=1S/C17H18ClFN2O3S/c1-24-16-9-13(18)14(20)10-17(16)25(22,23)21-7-3-2-4-11-5-6-12(19)8-15(11)21/h5-6,8-10H,2-4,7,20H2,1H3. The van der Waals surface area contributed by atoms with Crippen LogP contribution in [0.4, 0.5) is 15.8 Å².